The zero-order valence-electron chi connectivity index (χ0n) is 45.7. The van der Waals surface area contributed by atoms with Crippen LogP contribution < -0.4 is 9.97 Å². The molecule has 4 aliphatic heterocycles. The Labute approximate surface area is 519 Å². The number of rotatable bonds is 6. The van der Waals surface area contributed by atoms with Crippen LogP contribution in [0.5, 0.6) is 0 Å². The van der Waals surface area contributed by atoms with Gasteiger partial charge in [0, 0.05) is 62.6 Å². The first-order valence-corrected chi connectivity index (χ1v) is 25.7. The number of aromatic amines is 2. The van der Waals surface area contributed by atoms with Gasteiger partial charge in [-0.3, -0.25) is 15.9 Å². The number of aromatic nitrogens is 8. The van der Waals surface area contributed by atoms with E-state index in [4.69, 9.17) is 44.6 Å². The van der Waals surface area contributed by atoms with Gasteiger partial charge < -0.3 is 35.7 Å². The summed E-state index contributed by atoms with van der Waals surface area (Å²) < 4.78 is 0. The Morgan fingerprint density at radius 2 is 0.779 bits per heavy atom. The summed E-state index contributed by atoms with van der Waals surface area (Å²) in [5.74, 6) is 0. The number of hydrogen-bond donors (Lipinski definition) is 2. The number of H-pyrrole nitrogens is 2. The van der Waals surface area contributed by atoms with Crippen LogP contribution in [0, 0.1) is 9.93 Å². The molecule has 0 aliphatic carbocycles. The molecule has 0 saturated heterocycles. The third-order valence-corrected chi connectivity index (χ3v) is 13.6. The Morgan fingerprint density at radius 3 is 1.30 bits per heavy atom. The van der Waals surface area contributed by atoms with Crippen molar-refractivity contribution >= 4 is 112 Å². The van der Waals surface area contributed by atoms with Gasteiger partial charge in [-0.15, -0.1) is 22.1 Å². The summed E-state index contributed by atoms with van der Waals surface area (Å²) in [4.78, 5) is 84.0. The Morgan fingerprint density at radius 1 is 0.407 bits per heavy atom. The molecule has 15 nitrogen and oxygen atoms in total. The van der Waals surface area contributed by atoms with Crippen molar-refractivity contribution in [3.63, 3.8) is 0 Å². The van der Waals surface area contributed by atoms with Crippen LogP contribution in [0.2, 0.25) is 0 Å². The first-order chi connectivity index (χ1) is 39.9. The van der Waals surface area contributed by atoms with Crippen molar-refractivity contribution in [3.8, 4) is 44.5 Å². The molecule has 6 N–H and O–H groups in total. The van der Waals surface area contributed by atoms with Crippen LogP contribution in [0.3, 0.4) is 0 Å². The predicted octanol–water partition coefficient (Wildman–Crippen LogP) is 14.0. The molecule has 10 heterocycles. The van der Waals surface area contributed by atoms with E-state index in [0.717, 1.165) is 124 Å². The van der Waals surface area contributed by atoms with Crippen molar-refractivity contribution in [2.24, 2.45) is 0 Å². The maximum Gasteiger partial charge on any atom is 2.00 e. The van der Waals surface area contributed by atoms with Gasteiger partial charge in [-0.25, -0.2) is 19.9 Å². The summed E-state index contributed by atoms with van der Waals surface area (Å²) in [6.45, 7) is 1.32. The van der Waals surface area contributed by atoms with Crippen LogP contribution >= 0.6 is 0 Å². The van der Waals surface area contributed by atoms with Crippen molar-refractivity contribution in [1.82, 2.24) is 39.9 Å². The summed E-state index contributed by atoms with van der Waals surface area (Å²) in [7, 11) is 0. The number of carbonyl (C=O) groups is 2. The van der Waals surface area contributed by atoms with E-state index in [0.29, 0.717) is 33.5 Å². The maximum absolute atomic E-state index is 12.4. The largest absolute Gasteiger partial charge is 2.00 e. The molecule has 0 radical (unpaired) electrons. The van der Waals surface area contributed by atoms with Crippen LogP contribution in [-0.4, -0.2) is 59.7 Å². The fraction of sp³-hybridized carbons (Fsp3) is 0.0290. The van der Waals surface area contributed by atoms with Crippen LogP contribution in [0.15, 0.2) is 182 Å². The van der Waals surface area contributed by atoms with E-state index in [9.17, 15) is 9.59 Å². The fourth-order valence-electron chi connectivity index (χ4n) is 10.1. The second-order valence-electron chi connectivity index (χ2n) is 18.5. The quantitative estimate of drug-likeness (QED) is 0.0898. The molecule has 0 atom stereocenters. The van der Waals surface area contributed by atoms with Crippen LogP contribution in [0.4, 0.5) is 0 Å². The van der Waals surface area contributed by atoms with Gasteiger partial charge in [0.05, 0.1) is 56.6 Å². The zero-order chi connectivity index (χ0) is 55.7. The van der Waals surface area contributed by atoms with E-state index in [2.05, 4.69) is 46.4 Å². The molecule has 0 unspecified atom stereocenters. The van der Waals surface area contributed by atoms with Gasteiger partial charge in [-0.1, -0.05) is 159 Å². The van der Waals surface area contributed by atoms with Gasteiger partial charge in [0.15, 0.2) is 12.6 Å². The topological polar surface area (TPSA) is 260 Å². The number of benzene rings is 4. The maximum atomic E-state index is 12.4. The number of hydrogen-bond acceptors (Lipinski definition) is 9. The standard InChI is InChI=1S/C33H22N4O.C33H21N4O.C2H3O.CH4.O2.2H2O.2Zn/c2*38-20-25-26-15-17-30(36-26)32(21-7-3-1-4-8-21)28-13-11-23(34-28)19-24-12-14-29(35-24)33(22-9-5-2-6-10-22)31-18-16-27(25)37-31;1-2-3;;1-2;;;;/h1-20,34,37H;1-20H,(H-,34,35,36,37,38);1H3;1H4;;2*1H2;;/q;2*-1;;;;;;+2/p-1. The van der Waals surface area contributed by atoms with Crippen molar-refractivity contribution in [2.45, 2.75) is 14.4 Å². The van der Waals surface area contributed by atoms with Crippen molar-refractivity contribution in [1.29, 1.82) is 0 Å². The molecule has 416 valence electrons. The van der Waals surface area contributed by atoms with Gasteiger partial charge in [-0.2, -0.15) is 6.92 Å². The molecule has 4 aliphatic rings. The molecule has 4 aromatic carbocycles. The number of nitrogens with one attached hydrogen (secondary N) is 2. The molecule has 6 aromatic heterocycles. The minimum atomic E-state index is 0. The molecule has 86 heavy (non-hydrogen) atoms. The van der Waals surface area contributed by atoms with Gasteiger partial charge in [-0.05, 0) is 112 Å². The molecule has 17 heteroatoms. The molecule has 16 bridgehead atoms. The van der Waals surface area contributed by atoms with Crippen molar-refractivity contribution in [2.75, 3.05) is 0 Å². The minimum absolute atomic E-state index is 0. The summed E-state index contributed by atoms with van der Waals surface area (Å²) in [5.41, 5.74) is 21.3. The third-order valence-electron chi connectivity index (χ3n) is 13.6. The Hall–Kier alpha value is -10.1. The van der Waals surface area contributed by atoms with E-state index in [1.807, 2.05) is 194 Å². The second kappa shape index (κ2) is 29.9. The molecular formula is C69H53N8O7Zn2-. The van der Waals surface area contributed by atoms with Gasteiger partial charge in [0.25, 0.3) is 0 Å². The molecule has 10 aromatic rings. The Balaban J connectivity index is 0.000000243. The number of nitrogens with zero attached hydrogens (tertiary/aromatic N) is 6. The third kappa shape index (κ3) is 13.6. The second-order valence-corrected chi connectivity index (χ2v) is 18.5. The first-order valence-electron chi connectivity index (χ1n) is 25.7. The number of carbonyl (C=O) groups excluding carboxylic acids is 3. The van der Waals surface area contributed by atoms with Crippen molar-refractivity contribution < 1.29 is 64.3 Å². The summed E-state index contributed by atoms with van der Waals surface area (Å²) in [6, 6.07) is 60.3. The summed E-state index contributed by atoms with van der Waals surface area (Å²) in [5, 5.41) is 0. The predicted molar refractivity (Wildman–Crippen MR) is 340 cm³/mol. The van der Waals surface area contributed by atoms with E-state index in [1.165, 1.54) is 13.2 Å². The minimum Gasteiger partial charge on any atom is -0.657 e. The van der Waals surface area contributed by atoms with E-state index >= 15 is 0 Å². The number of aldehydes is 2. The van der Waals surface area contributed by atoms with Gasteiger partial charge >= 0.3 is 19.5 Å². The van der Waals surface area contributed by atoms with Gasteiger partial charge in [0.1, 0.15) is 0 Å². The normalized spacial score (nSPS) is 10.9. The van der Waals surface area contributed by atoms with Crippen LogP contribution in [-0.2, 0) is 43.8 Å². The monoisotopic (exact) mass is 1230 g/mol. The van der Waals surface area contributed by atoms with E-state index in [1.54, 1.807) is 0 Å². The first kappa shape index (κ1) is 65.0. The molecule has 14 rings (SSSR count). The smallest absolute Gasteiger partial charge is 0.657 e. The molecule has 0 fully saturated rings. The van der Waals surface area contributed by atoms with Crippen molar-refractivity contribution in [3.05, 3.63) is 249 Å². The van der Waals surface area contributed by atoms with E-state index in [-0.39, 0.29) is 57.3 Å². The zero-order valence-corrected chi connectivity index (χ0v) is 51.7. The summed E-state index contributed by atoms with van der Waals surface area (Å²) >= 11 is 0. The average molecular weight is 1240 g/mol. The Kier molecular flexibility index (Phi) is 22.6. The molecule has 0 saturated carbocycles. The Bertz CT molecular complexity index is 4170. The molecule has 0 spiro atoms. The fourth-order valence-corrected chi connectivity index (χ4v) is 10.1. The molecule has 0 amide bonds. The number of fused-ring (bicyclic) bond motifs is 16. The van der Waals surface area contributed by atoms with E-state index < -0.39 is 0 Å². The summed E-state index contributed by atoms with van der Waals surface area (Å²) in [6.07, 6.45) is 18.9. The van der Waals surface area contributed by atoms with Crippen LogP contribution in [0.1, 0.15) is 80.6 Å². The molecular weight excluding hydrogens is 1180 g/mol. The average Bonchev–Trinajstić information content (AvgIpc) is 3.71. The van der Waals surface area contributed by atoms with Crippen LogP contribution in [0.25, 0.3) is 137 Å². The SMILES string of the molecule is C.C[C-]=O.O.O.O=Cc1c2nc(c(-c3ccccc3)c3ccc(cc4nc(c(-c5ccccc5)c5ccc1[n-]5)C=C4)[n-]3)C=C2.O=Cc1c2nc(c(-c3ccccc3)c3ccc(cc4nc(c(-c5ccccc5)c5ccc1[nH]5)C=C4)[nH]3)C=C2.O=O.[Zn+2].[Zn]. The van der Waals surface area contributed by atoms with Gasteiger partial charge in [0.2, 0.25) is 0 Å².